The van der Waals surface area contributed by atoms with Gasteiger partial charge in [0.25, 0.3) is 11.7 Å². The number of hydrogen-bond acceptors (Lipinski definition) is 6. The number of carboxylic acid groups (broad SMARTS) is 1. The lowest BCUT2D eigenvalue weighted by Gasteiger charge is -2.24. The maximum Gasteiger partial charge on any atom is 0.313 e. The normalized spacial score (nSPS) is 27.9. The van der Waals surface area contributed by atoms with Crippen LogP contribution in [0.2, 0.25) is 0 Å². The first-order chi connectivity index (χ1) is 8.04. The highest BCUT2D eigenvalue weighted by atomic mass is 16.5. The van der Waals surface area contributed by atoms with Crippen molar-refractivity contribution in [2.45, 2.75) is 13.0 Å². The van der Waals surface area contributed by atoms with Crippen LogP contribution in [0, 0.1) is 5.41 Å². The van der Waals surface area contributed by atoms with E-state index in [2.05, 4.69) is 25.9 Å². The molecule has 3 N–H and O–H groups in total. The summed E-state index contributed by atoms with van der Waals surface area (Å²) >= 11 is 0. The first kappa shape index (κ1) is 11.5. The van der Waals surface area contributed by atoms with Gasteiger partial charge in [-0.2, -0.15) is 5.21 Å². The third-order valence-corrected chi connectivity index (χ3v) is 2.80. The van der Waals surface area contributed by atoms with Gasteiger partial charge >= 0.3 is 5.97 Å². The summed E-state index contributed by atoms with van der Waals surface area (Å²) in [5.41, 5.74) is -1.14. The Morgan fingerprint density at radius 2 is 2.41 bits per heavy atom. The number of hydrogen-bond donors (Lipinski definition) is 3. The van der Waals surface area contributed by atoms with E-state index in [1.54, 1.807) is 0 Å². The van der Waals surface area contributed by atoms with E-state index in [1.807, 2.05) is 0 Å². The van der Waals surface area contributed by atoms with Crippen LogP contribution in [0.25, 0.3) is 0 Å². The van der Waals surface area contributed by atoms with Crippen molar-refractivity contribution in [3.63, 3.8) is 0 Å². The molecule has 2 unspecified atom stereocenters. The third kappa shape index (κ3) is 1.96. The molecule has 0 aromatic carbocycles. The number of aliphatic carboxylic acids is 1. The molecule has 0 spiro atoms. The zero-order valence-corrected chi connectivity index (χ0v) is 9.01. The topological polar surface area (TPSA) is 130 Å². The van der Waals surface area contributed by atoms with Gasteiger partial charge in [0.2, 0.25) is 0 Å². The van der Waals surface area contributed by atoms with E-state index < -0.39 is 23.3 Å². The predicted octanol–water partition coefficient (Wildman–Crippen LogP) is -1.58. The molecule has 92 valence electrons. The molecule has 0 aliphatic carbocycles. The Bertz CT molecular complexity index is 433. The molecule has 2 heterocycles. The summed E-state index contributed by atoms with van der Waals surface area (Å²) in [4.78, 5) is 22.7. The zero-order valence-electron chi connectivity index (χ0n) is 9.01. The number of rotatable bonds is 3. The Morgan fingerprint density at radius 3 is 3.00 bits per heavy atom. The second-order valence-corrected chi connectivity index (χ2v) is 4.00. The third-order valence-electron chi connectivity index (χ3n) is 2.80. The van der Waals surface area contributed by atoms with Gasteiger partial charge in [-0.15, -0.1) is 10.2 Å². The lowest BCUT2D eigenvalue weighted by molar-refractivity contribution is -0.148. The molecule has 9 heteroatoms. The number of ether oxygens (including phenoxy) is 1. The number of carbonyl (C=O) groups is 2. The van der Waals surface area contributed by atoms with Crippen molar-refractivity contribution in [2.75, 3.05) is 13.2 Å². The number of nitrogens with zero attached hydrogens (tertiary/aromatic N) is 3. The summed E-state index contributed by atoms with van der Waals surface area (Å²) in [6.07, 6.45) is 0. The molecule has 1 saturated heterocycles. The minimum Gasteiger partial charge on any atom is -0.481 e. The highest BCUT2D eigenvalue weighted by molar-refractivity contribution is 5.91. The van der Waals surface area contributed by atoms with Crippen LogP contribution in [0.4, 0.5) is 0 Å². The van der Waals surface area contributed by atoms with Crippen molar-refractivity contribution in [1.29, 1.82) is 0 Å². The van der Waals surface area contributed by atoms with E-state index in [0.29, 0.717) is 0 Å². The van der Waals surface area contributed by atoms with Crippen LogP contribution in [-0.4, -0.2) is 56.9 Å². The fourth-order valence-electron chi connectivity index (χ4n) is 1.57. The Balaban J connectivity index is 2.09. The summed E-state index contributed by atoms with van der Waals surface area (Å²) in [5, 5.41) is 24.0. The minimum absolute atomic E-state index is 0.0551. The zero-order chi connectivity index (χ0) is 12.5. The van der Waals surface area contributed by atoms with E-state index in [-0.39, 0.29) is 19.0 Å². The van der Waals surface area contributed by atoms with Crippen molar-refractivity contribution in [2.24, 2.45) is 5.41 Å². The van der Waals surface area contributed by atoms with Crippen molar-refractivity contribution < 1.29 is 19.4 Å². The van der Waals surface area contributed by atoms with Crippen LogP contribution >= 0.6 is 0 Å². The Morgan fingerprint density at radius 1 is 1.65 bits per heavy atom. The second-order valence-electron chi connectivity index (χ2n) is 4.00. The number of nitrogens with one attached hydrogen (secondary N) is 2. The molecule has 1 aromatic heterocycles. The highest BCUT2D eigenvalue weighted by Gasteiger charge is 2.47. The van der Waals surface area contributed by atoms with Crippen LogP contribution in [0.1, 0.15) is 17.5 Å². The lowest BCUT2D eigenvalue weighted by atomic mass is 9.85. The minimum atomic E-state index is -1.14. The largest absolute Gasteiger partial charge is 0.481 e. The fraction of sp³-hybridized carbons (Fsp3) is 0.625. The number of aromatic nitrogens is 4. The van der Waals surface area contributed by atoms with Crippen LogP contribution < -0.4 is 5.32 Å². The van der Waals surface area contributed by atoms with Crippen LogP contribution in [0.15, 0.2) is 0 Å². The first-order valence-corrected chi connectivity index (χ1v) is 4.89. The molecule has 1 aliphatic heterocycles. The Kier molecular flexibility index (Phi) is 2.76. The molecule has 17 heavy (non-hydrogen) atoms. The van der Waals surface area contributed by atoms with Gasteiger partial charge in [0.1, 0.15) is 5.41 Å². The Hall–Kier alpha value is -2.03. The number of aromatic amines is 1. The van der Waals surface area contributed by atoms with Crippen LogP contribution in [0.3, 0.4) is 0 Å². The van der Waals surface area contributed by atoms with E-state index in [9.17, 15) is 9.59 Å². The van der Waals surface area contributed by atoms with Gasteiger partial charge in [0.15, 0.2) is 0 Å². The molecule has 1 aromatic rings. The van der Waals surface area contributed by atoms with Gasteiger partial charge in [-0.05, 0) is 12.1 Å². The number of carbonyl (C=O) groups excluding carboxylic acids is 1. The van der Waals surface area contributed by atoms with Gasteiger partial charge in [0, 0.05) is 0 Å². The van der Waals surface area contributed by atoms with Crippen molar-refractivity contribution in [1.82, 2.24) is 25.9 Å². The Labute approximate surface area is 95.5 Å². The van der Waals surface area contributed by atoms with Crippen molar-refractivity contribution in [3.8, 4) is 0 Å². The molecule has 9 nitrogen and oxygen atoms in total. The number of tetrazole rings is 1. The molecule has 1 aliphatic rings. The van der Waals surface area contributed by atoms with Gasteiger partial charge in [-0.3, -0.25) is 9.59 Å². The van der Waals surface area contributed by atoms with Crippen LogP contribution in [-0.2, 0) is 9.53 Å². The number of carboxylic acids is 1. The molecule has 1 fully saturated rings. The highest BCUT2D eigenvalue weighted by Crippen LogP contribution is 2.28. The maximum absolute atomic E-state index is 11.6. The smallest absolute Gasteiger partial charge is 0.313 e. The summed E-state index contributed by atoms with van der Waals surface area (Å²) in [5.74, 6) is -1.74. The van der Waals surface area contributed by atoms with E-state index in [4.69, 9.17) is 9.84 Å². The monoisotopic (exact) mass is 241 g/mol. The molecule has 0 bridgehead atoms. The van der Waals surface area contributed by atoms with E-state index in [1.165, 1.54) is 6.92 Å². The molecular formula is C8H11N5O4. The molecular weight excluding hydrogens is 230 g/mol. The van der Waals surface area contributed by atoms with Gasteiger partial charge in [-0.25, -0.2) is 0 Å². The summed E-state index contributed by atoms with van der Waals surface area (Å²) in [6, 6.07) is -0.619. The van der Waals surface area contributed by atoms with Gasteiger partial charge in [-0.1, -0.05) is 0 Å². The van der Waals surface area contributed by atoms with Crippen molar-refractivity contribution >= 4 is 11.9 Å². The first-order valence-electron chi connectivity index (χ1n) is 4.89. The average molecular weight is 241 g/mol. The van der Waals surface area contributed by atoms with E-state index >= 15 is 0 Å². The lowest BCUT2D eigenvalue weighted by Crippen LogP contribution is -2.49. The summed E-state index contributed by atoms with van der Waals surface area (Å²) in [6.45, 7) is 1.72. The quantitative estimate of drug-likeness (QED) is 0.582. The molecule has 0 saturated carbocycles. The standard InChI is InChI=1S/C8H11N5O4/c1-8(7(15)16)3-17-2-4(8)9-6(14)5-10-12-13-11-5/h4H,2-3H2,1H3,(H,9,14)(H,15,16)(H,10,11,12,13). The van der Waals surface area contributed by atoms with Gasteiger partial charge < -0.3 is 15.2 Å². The molecule has 2 rings (SSSR count). The predicted molar refractivity (Wildman–Crippen MR) is 52.0 cm³/mol. The van der Waals surface area contributed by atoms with Gasteiger partial charge in [0.05, 0.1) is 19.3 Å². The maximum atomic E-state index is 11.6. The van der Waals surface area contributed by atoms with E-state index in [0.717, 1.165) is 0 Å². The molecule has 0 radical (unpaired) electrons. The average Bonchev–Trinajstić information content (AvgIpc) is 2.89. The number of amides is 1. The SMILES string of the molecule is CC1(C(=O)O)COCC1NC(=O)c1nn[nH]n1. The summed E-state index contributed by atoms with van der Waals surface area (Å²) < 4.78 is 5.09. The number of H-pyrrole nitrogens is 1. The summed E-state index contributed by atoms with van der Waals surface area (Å²) in [7, 11) is 0. The van der Waals surface area contributed by atoms with Crippen molar-refractivity contribution in [3.05, 3.63) is 5.82 Å². The fourth-order valence-corrected chi connectivity index (χ4v) is 1.57. The second kappa shape index (κ2) is 4.09. The molecule has 2 atom stereocenters. The molecule has 1 amide bonds. The van der Waals surface area contributed by atoms with Crippen LogP contribution in [0.5, 0.6) is 0 Å².